The van der Waals surface area contributed by atoms with Crippen molar-refractivity contribution < 1.29 is 24.2 Å². The lowest BCUT2D eigenvalue weighted by molar-refractivity contribution is 0.0697. The number of aromatic carboxylic acids is 1. The normalized spacial score (nSPS) is 9.53. The lowest BCUT2D eigenvalue weighted by Gasteiger charge is -2.09. The summed E-state index contributed by atoms with van der Waals surface area (Å²) in [6.45, 7) is 4.71. The van der Waals surface area contributed by atoms with Gasteiger partial charge in [0.1, 0.15) is 6.61 Å². The third kappa shape index (κ3) is 3.95. The summed E-state index contributed by atoms with van der Waals surface area (Å²) in [4.78, 5) is 33.6. The van der Waals surface area contributed by atoms with E-state index in [0.717, 1.165) is 0 Å². The Balaban J connectivity index is 3.00. The van der Waals surface area contributed by atoms with Gasteiger partial charge in [0.25, 0.3) is 0 Å². The predicted octanol–water partition coefficient (Wildman–Crippen LogP) is 2.32. The lowest BCUT2D eigenvalue weighted by Crippen LogP contribution is -2.16. The van der Waals surface area contributed by atoms with Gasteiger partial charge in [0.05, 0.1) is 11.3 Å². The molecule has 2 N–H and O–H groups in total. The van der Waals surface area contributed by atoms with Crippen molar-refractivity contribution in [1.82, 2.24) is 0 Å². The molecule has 6 nitrogen and oxygen atoms in total. The summed E-state index contributed by atoms with van der Waals surface area (Å²) in [6, 6.07) is 3.83. The number of amides is 1. The number of benzene rings is 1. The van der Waals surface area contributed by atoms with Gasteiger partial charge in [-0.3, -0.25) is 10.1 Å². The lowest BCUT2D eigenvalue weighted by atomic mass is 10.1. The van der Waals surface area contributed by atoms with Crippen molar-refractivity contribution in [3.63, 3.8) is 0 Å². The highest BCUT2D eigenvalue weighted by molar-refractivity contribution is 6.04. The van der Waals surface area contributed by atoms with Gasteiger partial charge in [0.2, 0.25) is 0 Å². The van der Waals surface area contributed by atoms with Crippen molar-refractivity contribution in [3.8, 4) is 0 Å². The van der Waals surface area contributed by atoms with Crippen LogP contribution in [0, 0.1) is 0 Å². The summed E-state index contributed by atoms with van der Waals surface area (Å²) in [6.07, 6.45) is 0.657. The molecule has 0 fully saturated rings. The van der Waals surface area contributed by atoms with Crippen LogP contribution in [0.3, 0.4) is 0 Å². The minimum absolute atomic E-state index is 0.0322. The molecule has 0 unspecified atom stereocenters. The standard InChI is InChI=1S/C13H13NO5/c1-3-6-19-13(18)14-11-5-4-9(12(16)17)7-10(11)8(2)15/h3-5,7H,1,6H2,2H3,(H,14,18)(H,16,17). The molecular formula is C13H13NO5. The highest BCUT2D eigenvalue weighted by Crippen LogP contribution is 2.18. The van der Waals surface area contributed by atoms with Crippen LogP contribution < -0.4 is 5.32 Å². The second-order valence-corrected chi connectivity index (χ2v) is 3.63. The fraction of sp³-hybridized carbons (Fsp3) is 0.154. The minimum atomic E-state index is -1.15. The van der Waals surface area contributed by atoms with Crippen LogP contribution in [0.2, 0.25) is 0 Å². The van der Waals surface area contributed by atoms with E-state index in [-0.39, 0.29) is 29.2 Å². The summed E-state index contributed by atoms with van der Waals surface area (Å²) in [5, 5.41) is 11.2. The van der Waals surface area contributed by atoms with E-state index in [1.54, 1.807) is 0 Å². The molecule has 1 aromatic carbocycles. The highest BCUT2D eigenvalue weighted by Gasteiger charge is 2.14. The topological polar surface area (TPSA) is 92.7 Å². The molecule has 0 heterocycles. The quantitative estimate of drug-likeness (QED) is 0.628. The Kier molecular flexibility index (Phi) is 4.82. The molecule has 0 aliphatic rings. The average molecular weight is 263 g/mol. The number of carbonyl (C=O) groups excluding carboxylic acids is 2. The van der Waals surface area contributed by atoms with E-state index in [1.165, 1.54) is 31.2 Å². The van der Waals surface area contributed by atoms with E-state index in [2.05, 4.69) is 11.9 Å². The first-order chi connectivity index (χ1) is 8.95. The van der Waals surface area contributed by atoms with E-state index in [9.17, 15) is 14.4 Å². The summed E-state index contributed by atoms with van der Waals surface area (Å²) >= 11 is 0. The minimum Gasteiger partial charge on any atom is -0.478 e. The number of ketones is 1. The number of Topliss-reactive ketones (excluding diaryl/α,β-unsaturated/α-hetero) is 1. The van der Waals surface area contributed by atoms with Crippen molar-refractivity contribution in [3.05, 3.63) is 42.0 Å². The molecule has 19 heavy (non-hydrogen) atoms. The molecule has 1 amide bonds. The number of rotatable bonds is 5. The van der Waals surface area contributed by atoms with Crippen molar-refractivity contribution in [1.29, 1.82) is 0 Å². The van der Waals surface area contributed by atoms with E-state index in [1.807, 2.05) is 0 Å². The van der Waals surface area contributed by atoms with Gasteiger partial charge < -0.3 is 9.84 Å². The summed E-state index contributed by atoms with van der Waals surface area (Å²) in [7, 11) is 0. The van der Waals surface area contributed by atoms with Gasteiger partial charge in [-0.2, -0.15) is 0 Å². The molecule has 6 heteroatoms. The van der Waals surface area contributed by atoms with Gasteiger partial charge in [0.15, 0.2) is 5.78 Å². The maximum absolute atomic E-state index is 11.4. The molecule has 0 saturated heterocycles. The number of anilines is 1. The summed E-state index contributed by atoms with van der Waals surface area (Å²) in [5.41, 5.74) is 0.275. The zero-order valence-electron chi connectivity index (χ0n) is 10.3. The molecule has 0 atom stereocenters. The molecule has 0 aliphatic carbocycles. The van der Waals surface area contributed by atoms with Crippen molar-refractivity contribution in [2.45, 2.75) is 6.92 Å². The molecule has 1 rings (SSSR count). The zero-order valence-corrected chi connectivity index (χ0v) is 10.3. The molecule has 0 spiro atoms. The molecule has 100 valence electrons. The number of carboxylic acids is 1. The van der Waals surface area contributed by atoms with Gasteiger partial charge in [-0.05, 0) is 25.1 Å². The molecule has 0 saturated carbocycles. The molecule has 1 aromatic rings. The van der Waals surface area contributed by atoms with E-state index in [0.29, 0.717) is 0 Å². The first kappa shape index (κ1) is 14.4. The smallest absolute Gasteiger partial charge is 0.411 e. The van der Waals surface area contributed by atoms with Gasteiger partial charge in [-0.25, -0.2) is 9.59 Å². The maximum Gasteiger partial charge on any atom is 0.411 e. The van der Waals surface area contributed by atoms with Crippen LogP contribution in [-0.2, 0) is 4.74 Å². The highest BCUT2D eigenvalue weighted by atomic mass is 16.5. The third-order valence-electron chi connectivity index (χ3n) is 2.21. The number of hydrogen-bond acceptors (Lipinski definition) is 4. The largest absolute Gasteiger partial charge is 0.478 e. The van der Waals surface area contributed by atoms with Crippen molar-refractivity contribution in [2.24, 2.45) is 0 Å². The van der Waals surface area contributed by atoms with Crippen LogP contribution in [-0.4, -0.2) is 29.6 Å². The Morgan fingerprint density at radius 3 is 2.63 bits per heavy atom. The second-order valence-electron chi connectivity index (χ2n) is 3.63. The van der Waals surface area contributed by atoms with Crippen LogP contribution in [0.1, 0.15) is 27.6 Å². The average Bonchev–Trinajstić information content (AvgIpc) is 2.36. The van der Waals surface area contributed by atoms with Gasteiger partial charge >= 0.3 is 12.1 Å². The Hall–Kier alpha value is -2.63. The van der Waals surface area contributed by atoms with Crippen LogP contribution in [0.5, 0.6) is 0 Å². The van der Waals surface area contributed by atoms with Gasteiger partial charge in [-0.15, -0.1) is 0 Å². The molecular weight excluding hydrogens is 250 g/mol. The maximum atomic E-state index is 11.4. The molecule has 0 aromatic heterocycles. The Labute approximate surface area is 109 Å². The fourth-order valence-electron chi connectivity index (χ4n) is 1.36. The molecule has 0 aliphatic heterocycles. The second kappa shape index (κ2) is 6.34. The third-order valence-corrected chi connectivity index (χ3v) is 2.21. The van der Waals surface area contributed by atoms with Gasteiger partial charge in [0, 0.05) is 5.56 Å². The van der Waals surface area contributed by atoms with Crippen molar-refractivity contribution >= 4 is 23.5 Å². The fourth-order valence-corrected chi connectivity index (χ4v) is 1.36. The number of carboxylic acid groups (broad SMARTS) is 1. The SMILES string of the molecule is C=CCOC(=O)Nc1ccc(C(=O)O)cc1C(C)=O. The van der Waals surface area contributed by atoms with Gasteiger partial charge in [-0.1, -0.05) is 12.7 Å². The van der Waals surface area contributed by atoms with Crippen LogP contribution in [0.4, 0.5) is 10.5 Å². The molecule has 0 radical (unpaired) electrons. The Morgan fingerprint density at radius 2 is 2.11 bits per heavy atom. The van der Waals surface area contributed by atoms with E-state index >= 15 is 0 Å². The summed E-state index contributed by atoms with van der Waals surface area (Å²) in [5.74, 6) is -1.51. The zero-order chi connectivity index (χ0) is 14.4. The number of nitrogens with one attached hydrogen (secondary N) is 1. The monoisotopic (exact) mass is 263 g/mol. The number of hydrogen-bond donors (Lipinski definition) is 2. The first-order valence-corrected chi connectivity index (χ1v) is 5.38. The van der Waals surface area contributed by atoms with E-state index in [4.69, 9.17) is 9.84 Å². The predicted molar refractivity (Wildman–Crippen MR) is 68.6 cm³/mol. The first-order valence-electron chi connectivity index (χ1n) is 5.38. The molecule has 0 bridgehead atoms. The van der Waals surface area contributed by atoms with Crippen LogP contribution in [0.25, 0.3) is 0 Å². The van der Waals surface area contributed by atoms with Crippen LogP contribution >= 0.6 is 0 Å². The van der Waals surface area contributed by atoms with E-state index < -0.39 is 12.1 Å². The summed E-state index contributed by atoms with van der Waals surface area (Å²) < 4.78 is 4.71. The van der Waals surface area contributed by atoms with Crippen molar-refractivity contribution in [2.75, 3.05) is 11.9 Å². The Bertz CT molecular complexity index is 536. The number of ether oxygens (including phenoxy) is 1. The number of carbonyl (C=O) groups is 3. The van der Waals surface area contributed by atoms with Crippen LogP contribution in [0.15, 0.2) is 30.9 Å². The Morgan fingerprint density at radius 1 is 1.42 bits per heavy atom.